The van der Waals surface area contributed by atoms with Gasteiger partial charge in [-0.3, -0.25) is 9.78 Å². The largest absolute Gasteiger partial charge is 0.473 e. The molecular weight excluding hydrogens is 366 g/mol. The molecule has 0 aliphatic carbocycles. The zero-order chi connectivity index (χ0) is 19.9. The second-order valence-corrected chi connectivity index (χ2v) is 8.03. The van der Waals surface area contributed by atoms with Crippen LogP contribution in [0.25, 0.3) is 0 Å². The van der Waals surface area contributed by atoms with Gasteiger partial charge in [-0.1, -0.05) is 30.3 Å². The molecule has 2 saturated heterocycles. The zero-order valence-corrected chi connectivity index (χ0v) is 16.8. The van der Waals surface area contributed by atoms with Crippen molar-refractivity contribution in [2.75, 3.05) is 19.7 Å². The van der Waals surface area contributed by atoms with Crippen LogP contribution in [0.1, 0.15) is 44.1 Å². The number of hydrogen-bond donors (Lipinski definition) is 0. The molecule has 0 saturated carbocycles. The molecule has 1 aromatic heterocycles. The van der Waals surface area contributed by atoms with Gasteiger partial charge in [0.15, 0.2) is 0 Å². The minimum Gasteiger partial charge on any atom is -0.473 e. The fourth-order valence-electron chi connectivity index (χ4n) is 4.36. The Morgan fingerprint density at radius 2 is 2.03 bits per heavy atom. The van der Waals surface area contributed by atoms with Crippen LogP contribution in [0.15, 0.2) is 48.9 Å². The van der Waals surface area contributed by atoms with Crippen LogP contribution in [0.5, 0.6) is 5.88 Å². The molecule has 6 nitrogen and oxygen atoms in total. The summed E-state index contributed by atoms with van der Waals surface area (Å²) < 4.78 is 12.2. The molecule has 1 amide bonds. The van der Waals surface area contributed by atoms with E-state index in [4.69, 9.17) is 9.47 Å². The minimum absolute atomic E-state index is 0.0913. The van der Waals surface area contributed by atoms with E-state index in [0.29, 0.717) is 18.9 Å². The van der Waals surface area contributed by atoms with E-state index in [0.717, 1.165) is 51.6 Å². The molecule has 1 unspecified atom stereocenters. The van der Waals surface area contributed by atoms with E-state index < -0.39 is 0 Å². The first-order valence-electron chi connectivity index (χ1n) is 10.6. The van der Waals surface area contributed by atoms with Gasteiger partial charge in [0, 0.05) is 44.7 Å². The molecule has 0 bridgehead atoms. The summed E-state index contributed by atoms with van der Waals surface area (Å²) in [5, 5.41) is 0. The topological polar surface area (TPSA) is 64.6 Å². The van der Waals surface area contributed by atoms with E-state index in [1.165, 1.54) is 5.56 Å². The normalized spacial score (nSPS) is 21.1. The first-order valence-corrected chi connectivity index (χ1v) is 10.6. The molecular formula is C23H29N3O3. The zero-order valence-electron chi connectivity index (χ0n) is 16.8. The second-order valence-electron chi connectivity index (χ2n) is 8.03. The summed E-state index contributed by atoms with van der Waals surface area (Å²) in [6.45, 7) is 2.22. The second kappa shape index (κ2) is 9.35. The number of carbonyl (C=O) groups excluding carboxylic acids is 1. The van der Waals surface area contributed by atoms with Crippen LogP contribution in [0, 0.1) is 0 Å². The molecule has 29 heavy (non-hydrogen) atoms. The summed E-state index contributed by atoms with van der Waals surface area (Å²) in [5.74, 6) is 0.833. The molecule has 2 fully saturated rings. The number of piperidine rings is 1. The van der Waals surface area contributed by atoms with Gasteiger partial charge < -0.3 is 14.4 Å². The molecule has 2 aromatic rings. The van der Waals surface area contributed by atoms with Crippen LogP contribution < -0.4 is 4.74 Å². The first-order chi connectivity index (χ1) is 14.2. The van der Waals surface area contributed by atoms with Crippen molar-refractivity contribution in [3.05, 3.63) is 54.5 Å². The Balaban J connectivity index is 1.23. The highest BCUT2D eigenvalue weighted by molar-refractivity contribution is 5.76. The number of amides is 1. The number of carbonyl (C=O) groups is 1. The van der Waals surface area contributed by atoms with Crippen LogP contribution >= 0.6 is 0 Å². The number of likely N-dealkylation sites (tertiary alicyclic amines) is 1. The van der Waals surface area contributed by atoms with Gasteiger partial charge >= 0.3 is 0 Å². The van der Waals surface area contributed by atoms with Crippen molar-refractivity contribution in [1.82, 2.24) is 14.9 Å². The molecule has 2 aliphatic rings. The number of nitrogens with zero attached hydrogens (tertiary/aromatic N) is 3. The van der Waals surface area contributed by atoms with Crippen molar-refractivity contribution in [3.63, 3.8) is 0 Å². The van der Waals surface area contributed by atoms with E-state index in [1.54, 1.807) is 18.6 Å². The summed E-state index contributed by atoms with van der Waals surface area (Å²) in [6, 6.07) is 10.4. The molecule has 1 spiro atoms. The summed E-state index contributed by atoms with van der Waals surface area (Å²) >= 11 is 0. The number of ether oxygens (including phenoxy) is 2. The van der Waals surface area contributed by atoms with Gasteiger partial charge in [-0.05, 0) is 31.2 Å². The highest BCUT2D eigenvalue weighted by Gasteiger charge is 2.41. The van der Waals surface area contributed by atoms with Gasteiger partial charge in [-0.25, -0.2) is 4.98 Å². The predicted molar refractivity (Wildman–Crippen MR) is 110 cm³/mol. The Morgan fingerprint density at radius 1 is 1.21 bits per heavy atom. The lowest BCUT2D eigenvalue weighted by atomic mass is 9.83. The van der Waals surface area contributed by atoms with Crippen LogP contribution in [0.2, 0.25) is 0 Å². The molecule has 1 aromatic carbocycles. The summed E-state index contributed by atoms with van der Waals surface area (Å²) in [4.78, 5) is 22.9. The summed E-state index contributed by atoms with van der Waals surface area (Å²) in [5.41, 5.74) is 1.12. The van der Waals surface area contributed by atoms with E-state index in [9.17, 15) is 4.79 Å². The standard InChI is InChI=1S/C23H29N3O3/c27-22(8-4-7-19-5-2-1-3-6-19)26-14-10-23(11-15-26)17-20(9-16-28-23)29-21-18-24-12-13-25-21/h1-3,5-6,12-13,18,20H,4,7-11,14-17H2. The van der Waals surface area contributed by atoms with E-state index in [2.05, 4.69) is 22.1 Å². The third-order valence-corrected chi connectivity index (χ3v) is 6.00. The number of benzene rings is 1. The first kappa shape index (κ1) is 19.8. The highest BCUT2D eigenvalue weighted by atomic mass is 16.5. The monoisotopic (exact) mass is 395 g/mol. The Labute approximate surface area is 172 Å². The molecule has 1 atom stereocenters. The van der Waals surface area contributed by atoms with Gasteiger partial charge in [0.25, 0.3) is 0 Å². The van der Waals surface area contributed by atoms with Gasteiger partial charge in [0.1, 0.15) is 6.10 Å². The van der Waals surface area contributed by atoms with Gasteiger partial charge in [-0.15, -0.1) is 0 Å². The highest BCUT2D eigenvalue weighted by Crippen LogP contribution is 2.36. The van der Waals surface area contributed by atoms with Crippen molar-refractivity contribution >= 4 is 5.91 Å². The Bertz CT molecular complexity index is 776. The van der Waals surface area contributed by atoms with Crippen molar-refractivity contribution in [2.45, 2.75) is 56.7 Å². The van der Waals surface area contributed by atoms with Crippen LogP contribution in [-0.2, 0) is 16.0 Å². The number of rotatable bonds is 6. The van der Waals surface area contributed by atoms with Crippen molar-refractivity contribution in [3.8, 4) is 5.88 Å². The van der Waals surface area contributed by atoms with Crippen molar-refractivity contribution < 1.29 is 14.3 Å². The maximum absolute atomic E-state index is 12.6. The van der Waals surface area contributed by atoms with Crippen molar-refractivity contribution in [1.29, 1.82) is 0 Å². The van der Waals surface area contributed by atoms with Gasteiger partial charge in [0.2, 0.25) is 11.8 Å². The number of aryl methyl sites for hydroxylation is 1. The van der Waals surface area contributed by atoms with Gasteiger partial charge in [0.05, 0.1) is 18.4 Å². The lowest BCUT2D eigenvalue weighted by molar-refractivity contribution is -0.151. The lowest BCUT2D eigenvalue weighted by Gasteiger charge is -2.45. The van der Waals surface area contributed by atoms with E-state index >= 15 is 0 Å². The molecule has 2 aliphatic heterocycles. The maximum atomic E-state index is 12.6. The Kier molecular flexibility index (Phi) is 6.39. The molecule has 6 heteroatoms. The summed E-state index contributed by atoms with van der Waals surface area (Å²) in [6.07, 6.45) is 10.9. The fraction of sp³-hybridized carbons (Fsp3) is 0.522. The quantitative estimate of drug-likeness (QED) is 0.750. The Hall–Kier alpha value is -2.47. The molecule has 0 radical (unpaired) electrons. The number of aromatic nitrogens is 2. The van der Waals surface area contributed by atoms with Crippen LogP contribution in [-0.4, -0.2) is 52.2 Å². The van der Waals surface area contributed by atoms with Crippen LogP contribution in [0.3, 0.4) is 0 Å². The fourth-order valence-corrected chi connectivity index (χ4v) is 4.36. The molecule has 154 valence electrons. The molecule has 4 rings (SSSR count). The average Bonchev–Trinajstić information content (AvgIpc) is 2.76. The van der Waals surface area contributed by atoms with Crippen LogP contribution in [0.4, 0.5) is 0 Å². The van der Waals surface area contributed by atoms with Crippen molar-refractivity contribution in [2.24, 2.45) is 0 Å². The molecule has 3 heterocycles. The average molecular weight is 396 g/mol. The smallest absolute Gasteiger partial charge is 0.232 e. The predicted octanol–water partition coefficient (Wildman–Crippen LogP) is 3.42. The van der Waals surface area contributed by atoms with Gasteiger partial charge in [-0.2, -0.15) is 0 Å². The number of hydrogen-bond acceptors (Lipinski definition) is 5. The minimum atomic E-state index is -0.175. The maximum Gasteiger partial charge on any atom is 0.232 e. The third-order valence-electron chi connectivity index (χ3n) is 6.00. The molecule has 0 N–H and O–H groups in total. The summed E-state index contributed by atoms with van der Waals surface area (Å²) in [7, 11) is 0. The third kappa shape index (κ3) is 5.32. The van der Waals surface area contributed by atoms with E-state index in [1.807, 2.05) is 23.1 Å². The Morgan fingerprint density at radius 3 is 2.79 bits per heavy atom. The SMILES string of the molecule is O=C(CCCc1ccccc1)N1CCC2(CC1)CC(Oc1cnccn1)CCO2. The lowest BCUT2D eigenvalue weighted by Crippen LogP contribution is -2.52. The van der Waals surface area contributed by atoms with E-state index in [-0.39, 0.29) is 17.6 Å².